The zero-order chi connectivity index (χ0) is 14.1. The van der Waals surface area contributed by atoms with Crippen LogP contribution in [0.1, 0.15) is 36.0 Å². The SMILES string of the molecule is O=C(NC1CCN2CCCC2C1)c1cc(S)ccc1Cl. The summed E-state index contributed by atoms with van der Waals surface area (Å²) in [6, 6.07) is 6.16. The monoisotopic (exact) mass is 310 g/mol. The summed E-state index contributed by atoms with van der Waals surface area (Å²) < 4.78 is 0. The maximum atomic E-state index is 12.3. The van der Waals surface area contributed by atoms with Gasteiger partial charge in [-0.2, -0.15) is 0 Å². The number of rotatable bonds is 2. The van der Waals surface area contributed by atoms with Crippen LogP contribution >= 0.6 is 24.2 Å². The molecule has 0 spiro atoms. The van der Waals surface area contributed by atoms with Gasteiger partial charge in [-0.15, -0.1) is 12.6 Å². The van der Waals surface area contributed by atoms with Gasteiger partial charge in [0.2, 0.25) is 0 Å². The average Bonchev–Trinajstić information content (AvgIpc) is 2.89. The highest BCUT2D eigenvalue weighted by Crippen LogP contribution is 2.27. The molecule has 20 heavy (non-hydrogen) atoms. The summed E-state index contributed by atoms with van der Waals surface area (Å²) in [5.74, 6) is -0.0812. The summed E-state index contributed by atoms with van der Waals surface area (Å²) in [6.45, 7) is 2.31. The Bertz CT molecular complexity index is 523. The third kappa shape index (κ3) is 2.97. The van der Waals surface area contributed by atoms with Crippen LogP contribution in [0.15, 0.2) is 23.1 Å². The number of thiol groups is 1. The largest absolute Gasteiger partial charge is 0.349 e. The highest BCUT2D eigenvalue weighted by atomic mass is 35.5. The van der Waals surface area contributed by atoms with E-state index in [2.05, 4.69) is 22.8 Å². The predicted octanol–water partition coefficient (Wildman–Crippen LogP) is 2.99. The van der Waals surface area contributed by atoms with Crippen LogP contribution < -0.4 is 5.32 Å². The zero-order valence-corrected chi connectivity index (χ0v) is 13.0. The first kappa shape index (κ1) is 14.2. The maximum Gasteiger partial charge on any atom is 0.253 e. The molecule has 0 radical (unpaired) electrons. The number of amides is 1. The van der Waals surface area contributed by atoms with E-state index in [9.17, 15) is 4.79 Å². The van der Waals surface area contributed by atoms with Gasteiger partial charge in [0, 0.05) is 23.5 Å². The molecule has 5 heteroatoms. The Kier molecular flexibility index (Phi) is 4.24. The molecule has 1 aromatic rings. The number of benzene rings is 1. The fourth-order valence-corrected chi connectivity index (χ4v) is 3.71. The molecule has 0 aromatic heterocycles. The Hall–Kier alpha value is -0.710. The number of piperidine rings is 1. The van der Waals surface area contributed by atoms with E-state index >= 15 is 0 Å². The van der Waals surface area contributed by atoms with E-state index in [4.69, 9.17) is 11.6 Å². The third-order valence-electron chi connectivity index (χ3n) is 4.35. The molecule has 2 unspecified atom stereocenters. The van der Waals surface area contributed by atoms with Crippen molar-refractivity contribution in [1.29, 1.82) is 0 Å². The van der Waals surface area contributed by atoms with Crippen molar-refractivity contribution in [1.82, 2.24) is 10.2 Å². The van der Waals surface area contributed by atoms with Crippen LogP contribution in [0.2, 0.25) is 5.02 Å². The Morgan fingerprint density at radius 1 is 1.35 bits per heavy atom. The van der Waals surface area contributed by atoms with E-state index in [-0.39, 0.29) is 11.9 Å². The van der Waals surface area contributed by atoms with Gasteiger partial charge in [-0.25, -0.2) is 0 Å². The smallest absolute Gasteiger partial charge is 0.253 e. The van der Waals surface area contributed by atoms with E-state index in [0.29, 0.717) is 16.6 Å². The van der Waals surface area contributed by atoms with Gasteiger partial charge in [0.25, 0.3) is 5.91 Å². The molecular formula is C15H19ClN2OS. The number of hydrogen-bond donors (Lipinski definition) is 2. The van der Waals surface area contributed by atoms with Crippen molar-refractivity contribution in [3.8, 4) is 0 Å². The van der Waals surface area contributed by atoms with E-state index in [1.807, 2.05) is 0 Å². The molecule has 2 atom stereocenters. The van der Waals surface area contributed by atoms with Crippen LogP contribution in [0.25, 0.3) is 0 Å². The number of hydrogen-bond acceptors (Lipinski definition) is 3. The van der Waals surface area contributed by atoms with Crippen molar-refractivity contribution >= 4 is 30.1 Å². The lowest BCUT2D eigenvalue weighted by molar-refractivity contribution is 0.0896. The van der Waals surface area contributed by atoms with Gasteiger partial charge in [0.1, 0.15) is 0 Å². The minimum atomic E-state index is -0.0812. The summed E-state index contributed by atoms with van der Waals surface area (Å²) in [4.78, 5) is 15.6. The van der Waals surface area contributed by atoms with Gasteiger partial charge < -0.3 is 10.2 Å². The molecule has 1 aromatic carbocycles. The number of carbonyl (C=O) groups excluding carboxylic acids is 1. The summed E-state index contributed by atoms with van der Waals surface area (Å²) in [5.41, 5.74) is 0.521. The molecule has 2 saturated heterocycles. The molecule has 2 aliphatic rings. The van der Waals surface area contributed by atoms with Gasteiger partial charge in [-0.05, 0) is 50.4 Å². The van der Waals surface area contributed by atoms with Crippen molar-refractivity contribution in [2.45, 2.75) is 42.7 Å². The number of nitrogens with one attached hydrogen (secondary N) is 1. The van der Waals surface area contributed by atoms with Crippen LogP contribution in [0.3, 0.4) is 0 Å². The van der Waals surface area contributed by atoms with Gasteiger partial charge in [0.05, 0.1) is 10.6 Å². The highest BCUT2D eigenvalue weighted by Gasteiger charge is 2.32. The second kappa shape index (κ2) is 5.96. The number of fused-ring (bicyclic) bond motifs is 1. The molecular weight excluding hydrogens is 292 g/mol. The van der Waals surface area contributed by atoms with Crippen molar-refractivity contribution in [2.24, 2.45) is 0 Å². The number of halogens is 1. The molecule has 108 valence electrons. The van der Waals surface area contributed by atoms with Crippen LogP contribution in [0.5, 0.6) is 0 Å². The van der Waals surface area contributed by atoms with Crippen LogP contribution in [0, 0.1) is 0 Å². The molecule has 0 saturated carbocycles. The molecule has 3 rings (SSSR count). The van der Waals surface area contributed by atoms with E-state index < -0.39 is 0 Å². The molecule has 3 nitrogen and oxygen atoms in total. The van der Waals surface area contributed by atoms with E-state index in [1.54, 1.807) is 18.2 Å². The molecule has 2 fully saturated rings. The summed E-state index contributed by atoms with van der Waals surface area (Å²) >= 11 is 10.4. The zero-order valence-electron chi connectivity index (χ0n) is 11.3. The van der Waals surface area contributed by atoms with Crippen LogP contribution in [0.4, 0.5) is 0 Å². The van der Waals surface area contributed by atoms with Gasteiger partial charge in [-0.1, -0.05) is 11.6 Å². The molecule has 1 amide bonds. The molecule has 1 N–H and O–H groups in total. The normalized spacial score (nSPS) is 26.3. The Labute approximate surface area is 130 Å². The first-order valence-corrected chi connectivity index (χ1v) is 7.99. The fraction of sp³-hybridized carbons (Fsp3) is 0.533. The minimum Gasteiger partial charge on any atom is -0.349 e. The van der Waals surface area contributed by atoms with Gasteiger partial charge >= 0.3 is 0 Å². The second-order valence-corrected chi connectivity index (χ2v) is 6.61. The summed E-state index contributed by atoms with van der Waals surface area (Å²) in [7, 11) is 0. The third-order valence-corrected chi connectivity index (χ3v) is 4.96. The first-order chi connectivity index (χ1) is 9.63. The predicted molar refractivity (Wildman–Crippen MR) is 83.8 cm³/mol. The lowest BCUT2D eigenvalue weighted by Crippen LogP contribution is -2.47. The topological polar surface area (TPSA) is 32.3 Å². The van der Waals surface area contributed by atoms with Crippen molar-refractivity contribution in [2.75, 3.05) is 13.1 Å². The Morgan fingerprint density at radius 2 is 2.20 bits per heavy atom. The van der Waals surface area contributed by atoms with Crippen LogP contribution in [-0.2, 0) is 0 Å². The quantitative estimate of drug-likeness (QED) is 0.823. The van der Waals surface area contributed by atoms with E-state index in [1.165, 1.54) is 19.4 Å². The summed E-state index contributed by atoms with van der Waals surface area (Å²) in [6.07, 6.45) is 4.64. The number of nitrogens with zero attached hydrogens (tertiary/aromatic N) is 1. The van der Waals surface area contributed by atoms with Gasteiger partial charge in [-0.3, -0.25) is 4.79 Å². The average molecular weight is 311 g/mol. The molecule has 0 bridgehead atoms. The van der Waals surface area contributed by atoms with Gasteiger partial charge in [0.15, 0.2) is 0 Å². The maximum absolute atomic E-state index is 12.3. The highest BCUT2D eigenvalue weighted by molar-refractivity contribution is 7.80. The standard InChI is InChI=1S/C15H19ClN2OS/c16-14-4-3-12(20)9-13(14)15(19)17-10-5-7-18-6-1-2-11(18)8-10/h3-4,9-11,20H,1-2,5-8H2,(H,17,19). The summed E-state index contributed by atoms with van der Waals surface area (Å²) in [5, 5.41) is 3.62. The van der Waals surface area contributed by atoms with Crippen molar-refractivity contribution < 1.29 is 4.79 Å². The van der Waals surface area contributed by atoms with Crippen LogP contribution in [-0.4, -0.2) is 36.0 Å². The lowest BCUT2D eigenvalue weighted by Gasteiger charge is -2.35. The minimum absolute atomic E-state index is 0.0812. The molecule has 2 heterocycles. The van der Waals surface area contributed by atoms with Crippen molar-refractivity contribution in [3.05, 3.63) is 28.8 Å². The first-order valence-electron chi connectivity index (χ1n) is 7.17. The van der Waals surface area contributed by atoms with Crippen molar-refractivity contribution in [3.63, 3.8) is 0 Å². The molecule has 2 aliphatic heterocycles. The lowest BCUT2D eigenvalue weighted by atomic mass is 9.97. The Balaban J connectivity index is 1.65. The second-order valence-electron chi connectivity index (χ2n) is 5.69. The molecule has 0 aliphatic carbocycles. The fourth-order valence-electron chi connectivity index (χ4n) is 3.31. The number of carbonyl (C=O) groups is 1. The Morgan fingerprint density at radius 3 is 3.05 bits per heavy atom. The van der Waals surface area contributed by atoms with E-state index in [0.717, 1.165) is 24.3 Å².